The molecule has 1 aliphatic rings. The average Bonchev–Trinajstić information content (AvgIpc) is 2.44. The van der Waals surface area contributed by atoms with Crippen molar-refractivity contribution in [2.45, 2.75) is 51.9 Å². The molecule has 0 spiro atoms. The van der Waals surface area contributed by atoms with E-state index in [0.717, 1.165) is 42.6 Å². The van der Waals surface area contributed by atoms with Crippen molar-refractivity contribution in [2.75, 3.05) is 6.61 Å². The molecule has 0 fully saturated rings. The van der Waals surface area contributed by atoms with Crippen LogP contribution < -0.4 is 4.74 Å². The van der Waals surface area contributed by atoms with Gasteiger partial charge in [0.2, 0.25) is 0 Å². The number of ketones is 1. The molecule has 2 heteroatoms. The third kappa shape index (κ3) is 4.22. The number of ether oxygens (including phenoxy) is 1. The lowest BCUT2D eigenvalue weighted by Gasteiger charge is -2.11. The summed E-state index contributed by atoms with van der Waals surface area (Å²) in [5.41, 5.74) is 1.74. The van der Waals surface area contributed by atoms with Crippen LogP contribution in [0.5, 0.6) is 5.75 Å². The van der Waals surface area contributed by atoms with Gasteiger partial charge in [0.1, 0.15) is 5.75 Å². The monoisotopic (exact) mass is 272 g/mol. The molecule has 108 valence electrons. The van der Waals surface area contributed by atoms with E-state index in [1.54, 1.807) is 0 Å². The van der Waals surface area contributed by atoms with Gasteiger partial charge in [-0.3, -0.25) is 4.79 Å². The van der Waals surface area contributed by atoms with Crippen molar-refractivity contribution < 1.29 is 9.53 Å². The lowest BCUT2D eigenvalue weighted by molar-refractivity contribution is 0.102. The van der Waals surface area contributed by atoms with Gasteiger partial charge in [-0.1, -0.05) is 38.0 Å². The summed E-state index contributed by atoms with van der Waals surface area (Å²) in [5, 5.41) is 0. The predicted octanol–water partition coefficient (Wildman–Crippen LogP) is 4.94. The molecular formula is C18H24O2. The van der Waals surface area contributed by atoms with E-state index in [1.165, 1.54) is 19.3 Å². The van der Waals surface area contributed by atoms with E-state index in [2.05, 4.69) is 13.0 Å². The maximum Gasteiger partial charge on any atom is 0.188 e. The molecule has 0 atom stereocenters. The highest BCUT2D eigenvalue weighted by Crippen LogP contribution is 2.22. The average molecular weight is 272 g/mol. The Hall–Kier alpha value is -1.57. The van der Waals surface area contributed by atoms with Crippen LogP contribution in [0.15, 0.2) is 35.9 Å². The number of allylic oxidation sites excluding steroid dienone is 2. The summed E-state index contributed by atoms with van der Waals surface area (Å²) >= 11 is 0. The number of Topliss-reactive ketones (excluding diaryl/α,β-unsaturated/α-hetero) is 1. The van der Waals surface area contributed by atoms with Gasteiger partial charge >= 0.3 is 0 Å². The van der Waals surface area contributed by atoms with E-state index in [-0.39, 0.29) is 5.78 Å². The second kappa shape index (κ2) is 7.88. The molecule has 0 radical (unpaired) electrons. The third-order valence-corrected chi connectivity index (χ3v) is 3.65. The van der Waals surface area contributed by atoms with Crippen LogP contribution in [0.25, 0.3) is 0 Å². The minimum absolute atomic E-state index is 0.175. The maximum absolute atomic E-state index is 12.6. The van der Waals surface area contributed by atoms with Crippen LogP contribution in [0, 0.1) is 0 Å². The molecule has 1 aliphatic carbocycles. The highest BCUT2D eigenvalue weighted by Gasteiger charge is 2.13. The molecule has 0 N–H and O–H groups in total. The molecule has 0 heterocycles. The Labute approximate surface area is 121 Å². The van der Waals surface area contributed by atoms with Crippen LogP contribution >= 0.6 is 0 Å². The van der Waals surface area contributed by atoms with Crippen molar-refractivity contribution in [2.24, 2.45) is 0 Å². The quantitative estimate of drug-likeness (QED) is 0.710. The Morgan fingerprint density at radius 1 is 1.20 bits per heavy atom. The summed E-state index contributed by atoms with van der Waals surface area (Å²) in [7, 11) is 0. The first-order chi connectivity index (χ1) is 9.81. The molecule has 1 aromatic carbocycles. The standard InChI is InChI=1S/C18H24O2/c1-2-13-20-17-12-8-11-16(14-17)18(19)15-9-6-4-3-5-7-10-15/h8-9,11-12,14H,2-7,10,13H2,1H3/b15-9+. The SMILES string of the molecule is CCCOc1cccc(C(=O)/C2=C/CCCCCC2)c1. The Bertz CT molecular complexity index is 474. The van der Waals surface area contributed by atoms with Gasteiger partial charge < -0.3 is 4.74 Å². The van der Waals surface area contributed by atoms with Crippen molar-refractivity contribution in [3.63, 3.8) is 0 Å². The van der Waals surface area contributed by atoms with E-state index >= 15 is 0 Å². The van der Waals surface area contributed by atoms with Crippen LogP contribution in [-0.4, -0.2) is 12.4 Å². The molecule has 1 aromatic rings. The Morgan fingerprint density at radius 2 is 2.05 bits per heavy atom. The highest BCUT2D eigenvalue weighted by molar-refractivity contribution is 6.08. The van der Waals surface area contributed by atoms with Crippen molar-refractivity contribution in [3.05, 3.63) is 41.5 Å². The van der Waals surface area contributed by atoms with Crippen LogP contribution in [0.1, 0.15) is 62.2 Å². The molecule has 0 aromatic heterocycles. The number of carbonyl (C=O) groups excluding carboxylic acids is 1. The van der Waals surface area contributed by atoms with E-state index in [1.807, 2.05) is 24.3 Å². The predicted molar refractivity (Wildman–Crippen MR) is 82.3 cm³/mol. The molecule has 20 heavy (non-hydrogen) atoms. The molecule has 0 amide bonds. The minimum Gasteiger partial charge on any atom is -0.494 e. The van der Waals surface area contributed by atoms with Gasteiger partial charge in [-0.15, -0.1) is 0 Å². The van der Waals surface area contributed by atoms with Crippen LogP contribution in [-0.2, 0) is 0 Å². The van der Waals surface area contributed by atoms with Crippen LogP contribution in [0.4, 0.5) is 0 Å². The number of hydrogen-bond donors (Lipinski definition) is 0. The molecule has 0 bridgehead atoms. The number of hydrogen-bond acceptors (Lipinski definition) is 2. The Balaban J connectivity index is 2.10. The fourth-order valence-electron chi connectivity index (χ4n) is 2.53. The van der Waals surface area contributed by atoms with Gasteiger partial charge in [-0.25, -0.2) is 0 Å². The van der Waals surface area contributed by atoms with E-state index < -0.39 is 0 Å². The topological polar surface area (TPSA) is 26.3 Å². The summed E-state index contributed by atoms with van der Waals surface area (Å²) in [6.45, 7) is 2.77. The summed E-state index contributed by atoms with van der Waals surface area (Å²) in [5.74, 6) is 0.970. The number of rotatable bonds is 5. The highest BCUT2D eigenvalue weighted by atomic mass is 16.5. The largest absolute Gasteiger partial charge is 0.494 e. The van der Waals surface area contributed by atoms with Gasteiger partial charge in [0.25, 0.3) is 0 Å². The molecular weight excluding hydrogens is 248 g/mol. The summed E-state index contributed by atoms with van der Waals surface area (Å²) < 4.78 is 5.61. The molecule has 0 saturated heterocycles. The van der Waals surface area contributed by atoms with Crippen molar-refractivity contribution >= 4 is 5.78 Å². The minimum atomic E-state index is 0.175. The van der Waals surface area contributed by atoms with Gasteiger partial charge in [0.05, 0.1) is 6.61 Å². The van der Waals surface area contributed by atoms with E-state index in [9.17, 15) is 4.79 Å². The fourth-order valence-corrected chi connectivity index (χ4v) is 2.53. The van der Waals surface area contributed by atoms with Crippen molar-refractivity contribution in [3.8, 4) is 5.75 Å². The van der Waals surface area contributed by atoms with Crippen LogP contribution in [0.2, 0.25) is 0 Å². The number of carbonyl (C=O) groups is 1. The second-order valence-electron chi connectivity index (χ2n) is 5.39. The lowest BCUT2D eigenvalue weighted by Crippen LogP contribution is -2.06. The molecule has 2 nitrogen and oxygen atoms in total. The first-order valence-electron chi connectivity index (χ1n) is 7.78. The first kappa shape index (κ1) is 14.8. The number of benzene rings is 1. The maximum atomic E-state index is 12.6. The zero-order valence-corrected chi connectivity index (χ0v) is 12.4. The normalized spacial score (nSPS) is 18.6. The zero-order chi connectivity index (χ0) is 14.2. The van der Waals surface area contributed by atoms with Gasteiger partial charge in [-0.2, -0.15) is 0 Å². The molecule has 0 unspecified atom stereocenters. The summed E-state index contributed by atoms with van der Waals surface area (Å²) in [6, 6.07) is 7.58. The van der Waals surface area contributed by atoms with E-state index in [0.29, 0.717) is 6.61 Å². The van der Waals surface area contributed by atoms with Gasteiger partial charge in [0, 0.05) is 5.56 Å². The third-order valence-electron chi connectivity index (χ3n) is 3.65. The van der Waals surface area contributed by atoms with Gasteiger partial charge in [-0.05, 0) is 49.8 Å². The zero-order valence-electron chi connectivity index (χ0n) is 12.4. The smallest absolute Gasteiger partial charge is 0.188 e. The second-order valence-corrected chi connectivity index (χ2v) is 5.39. The van der Waals surface area contributed by atoms with E-state index in [4.69, 9.17) is 4.74 Å². The Kier molecular flexibility index (Phi) is 5.85. The first-order valence-corrected chi connectivity index (χ1v) is 7.78. The van der Waals surface area contributed by atoms with Crippen molar-refractivity contribution in [1.82, 2.24) is 0 Å². The summed E-state index contributed by atoms with van der Waals surface area (Å²) in [6.07, 6.45) is 9.93. The fraction of sp³-hybridized carbons (Fsp3) is 0.500. The lowest BCUT2D eigenvalue weighted by atomic mass is 9.94. The van der Waals surface area contributed by atoms with Crippen LogP contribution in [0.3, 0.4) is 0 Å². The molecule has 0 saturated carbocycles. The van der Waals surface area contributed by atoms with Gasteiger partial charge in [0.15, 0.2) is 5.78 Å². The molecule has 0 aliphatic heterocycles. The Morgan fingerprint density at radius 3 is 2.90 bits per heavy atom. The molecule has 2 rings (SSSR count). The summed E-state index contributed by atoms with van der Waals surface area (Å²) in [4.78, 5) is 12.6. The van der Waals surface area contributed by atoms with Crippen molar-refractivity contribution in [1.29, 1.82) is 0 Å².